The first-order valence-corrected chi connectivity index (χ1v) is 15.9. The van der Waals surface area contributed by atoms with Gasteiger partial charge in [0.15, 0.2) is 0 Å². The second-order valence-electron chi connectivity index (χ2n) is 8.55. The van der Waals surface area contributed by atoms with Crippen LogP contribution >= 0.6 is 0 Å². The molecule has 2 aromatic rings. The summed E-state index contributed by atoms with van der Waals surface area (Å²) in [6.07, 6.45) is 10.6. The van der Waals surface area contributed by atoms with E-state index in [2.05, 4.69) is 64.1 Å². The lowest BCUT2D eigenvalue weighted by molar-refractivity contribution is 0.569. The summed E-state index contributed by atoms with van der Waals surface area (Å²) in [4.78, 5) is 0. The van der Waals surface area contributed by atoms with Gasteiger partial charge < -0.3 is 8.85 Å². The van der Waals surface area contributed by atoms with Crippen LogP contribution in [0.3, 0.4) is 0 Å². The zero-order valence-corrected chi connectivity index (χ0v) is 23.3. The van der Waals surface area contributed by atoms with Crippen LogP contribution in [0.2, 0.25) is 12.1 Å². The third kappa shape index (κ3) is 8.49. The Morgan fingerprint density at radius 1 is 0.581 bits per heavy atom. The van der Waals surface area contributed by atoms with Crippen LogP contribution in [0.5, 0.6) is 11.5 Å². The van der Waals surface area contributed by atoms with E-state index in [0.717, 1.165) is 25.7 Å². The molecule has 0 N–H and O–H groups in total. The molecule has 2 nitrogen and oxygen atoms in total. The topological polar surface area (TPSA) is 18.5 Å². The van der Waals surface area contributed by atoms with E-state index in [-0.39, 0.29) is 0 Å². The van der Waals surface area contributed by atoms with Gasteiger partial charge in [-0.25, -0.2) is 0 Å². The highest BCUT2D eigenvalue weighted by Gasteiger charge is 2.10. The zero-order valence-electron chi connectivity index (χ0n) is 20.5. The molecule has 172 valence electrons. The molecule has 0 aliphatic heterocycles. The summed E-state index contributed by atoms with van der Waals surface area (Å²) in [6.45, 7) is 9.04. The van der Waals surface area contributed by atoms with Crippen molar-refractivity contribution in [3.63, 3.8) is 0 Å². The van der Waals surface area contributed by atoms with Crippen LogP contribution in [0.1, 0.15) is 82.1 Å². The molecule has 0 amide bonds. The molecule has 0 saturated carbocycles. The third-order valence-corrected chi connectivity index (χ3v) is 8.41. The molecule has 2 rings (SSSR count). The minimum Gasteiger partial charge on any atom is -0.549 e. The van der Waals surface area contributed by atoms with Gasteiger partial charge in [-0.2, -0.15) is 0 Å². The van der Waals surface area contributed by atoms with Crippen LogP contribution in [0.25, 0.3) is 0 Å². The van der Waals surface area contributed by atoms with Crippen molar-refractivity contribution in [1.82, 2.24) is 0 Å². The zero-order chi connectivity index (χ0) is 22.3. The molecule has 0 aliphatic rings. The number of rotatable bonds is 16. The number of hydrogen-bond donors (Lipinski definition) is 0. The lowest BCUT2D eigenvalue weighted by Crippen LogP contribution is -2.08. The molecule has 31 heavy (non-hydrogen) atoms. The Kier molecular flexibility index (Phi) is 12.7. The van der Waals surface area contributed by atoms with Crippen molar-refractivity contribution in [2.45, 2.75) is 97.6 Å². The molecule has 0 unspecified atom stereocenters. The predicted octanol–water partition coefficient (Wildman–Crippen LogP) is 6.35. The summed E-state index contributed by atoms with van der Waals surface area (Å²) >= 11 is 0. The number of aryl methyl sites for hydroxylation is 2. The summed E-state index contributed by atoms with van der Waals surface area (Å²) in [6, 6.07) is 15.8. The molecule has 0 aliphatic carbocycles. The fourth-order valence-corrected chi connectivity index (χ4v) is 7.40. The van der Waals surface area contributed by atoms with Crippen LogP contribution in [-0.2, 0) is 25.7 Å². The summed E-state index contributed by atoms with van der Waals surface area (Å²) in [5.41, 5.74) is 5.91. The maximum atomic E-state index is 6.35. The van der Waals surface area contributed by atoms with E-state index < -0.39 is 19.5 Å². The molecule has 2 aromatic carbocycles. The monoisotopic (exact) mass is 456 g/mol. The Labute approximate surface area is 196 Å². The van der Waals surface area contributed by atoms with E-state index in [4.69, 9.17) is 8.85 Å². The van der Waals surface area contributed by atoms with Gasteiger partial charge in [-0.15, -0.1) is 0 Å². The van der Waals surface area contributed by atoms with Crippen LogP contribution in [0.15, 0.2) is 36.4 Å². The molecule has 0 fully saturated rings. The first kappa shape index (κ1) is 25.7. The fourth-order valence-electron chi connectivity index (χ4n) is 4.31. The molecule has 0 spiro atoms. The van der Waals surface area contributed by atoms with Gasteiger partial charge in [0.05, 0.1) is 0 Å². The van der Waals surface area contributed by atoms with Crippen molar-refractivity contribution in [3.8, 4) is 11.5 Å². The van der Waals surface area contributed by atoms with E-state index in [1.54, 1.807) is 0 Å². The van der Waals surface area contributed by atoms with Crippen molar-refractivity contribution in [2.75, 3.05) is 0 Å². The Balaban J connectivity index is 1.77. The van der Waals surface area contributed by atoms with Crippen LogP contribution in [0, 0.1) is 0 Å². The smallest absolute Gasteiger partial charge is 0.219 e. The summed E-state index contributed by atoms with van der Waals surface area (Å²) in [5.74, 6) is 2.34. The molecule has 0 heterocycles. The highest BCUT2D eigenvalue weighted by Crippen LogP contribution is 2.26. The molecule has 0 radical (unpaired) electrons. The van der Waals surface area contributed by atoms with E-state index in [1.165, 1.54) is 77.9 Å². The van der Waals surface area contributed by atoms with Gasteiger partial charge in [0.25, 0.3) is 0 Å². The SMILES string of the molecule is CCCc1cccc(O[SiH2]CCC[SiH2]Oc2cccc(CCC)c2CCC)c1CCC. The molecule has 0 atom stereocenters. The van der Waals surface area contributed by atoms with Gasteiger partial charge in [0, 0.05) is 0 Å². The highest BCUT2D eigenvalue weighted by molar-refractivity contribution is 6.30. The largest absolute Gasteiger partial charge is 0.549 e. The summed E-state index contributed by atoms with van der Waals surface area (Å²) < 4.78 is 12.7. The van der Waals surface area contributed by atoms with E-state index in [9.17, 15) is 0 Å². The second kappa shape index (κ2) is 15.3. The average Bonchev–Trinajstić information content (AvgIpc) is 2.77. The van der Waals surface area contributed by atoms with Crippen molar-refractivity contribution >= 4 is 19.5 Å². The molecule has 0 saturated heterocycles. The second-order valence-corrected chi connectivity index (χ2v) is 11.4. The lowest BCUT2D eigenvalue weighted by atomic mass is 9.99. The number of hydrogen-bond acceptors (Lipinski definition) is 2. The van der Waals surface area contributed by atoms with Gasteiger partial charge in [-0.05, 0) is 72.2 Å². The van der Waals surface area contributed by atoms with Crippen molar-refractivity contribution in [1.29, 1.82) is 0 Å². The summed E-state index contributed by atoms with van der Waals surface area (Å²) in [5, 5.41) is 0. The first-order chi connectivity index (χ1) is 15.2. The van der Waals surface area contributed by atoms with Crippen LogP contribution in [0.4, 0.5) is 0 Å². The standard InChI is InChI=1S/C27H44O2Si2/c1-5-12-22-16-9-18-26(24(22)14-7-3)28-30-20-11-21-31-29-27-19-10-17-23(13-6-2)25(27)15-8-4/h9-10,16-19H,5-8,11-15,20-21,30-31H2,1-4H3. The quantitative estimate of drug-likeness (QED) is 0.216. The van der Waals surface area contributed by atoms with Crippen molar-refractivity contribution < 1.29 is 8.85 Å². The van der Waals surface area contributed by atoms with Crippen molar-refractivity contribution in [2.24, 2.45) is 0 Å². The lowest BCUT2D eigenvalue weighted by Gasteiger charge is -2.16. The molecular weight excluding hydrogens is 412 g/mol. The Bertz CT molecular complexity index is 697. The fraction of sp³-hybridized carbons (Fsp3) is 0.556. The van der Waals surface area contributed by atoms with Gasteiger partial charge in [-0.1, -0.05) is 84.1 Å². The molecule has 0 bridgehead atoms. The minimum absolute atomic E-state index is 0.509. The average molecular weight is 457 g/mol. The minimum atomic E-state index is -0.509. The molecular formula is C27H44O2Si2. The Morgan fingerprint density at radius 2 is 1.00 bits per heavy atom. The van der Waals surface area contributed by atoms with Crippen LogP contribution in [-0.4, -0.2) is 19.5 Å². The van der Waals surface area contributed by atoms with E-state index in [0.29, 0.717) is 0 Å². The molecule has 0 aromatic heterocycles. The number of benzene rings is 2. The third-order valence-electron chi connectivity index (χ3n) is 5.80. The van der Waals surface area contributed by atoms with Gasteiger partial charge >= 0.3 is 0 Å². The molecule has 4 heteroatoms. The Morgan fingerprint density at radius 3 is 1.39 bits per heavy atom. The van der Waals surface area contributed by atoms with Gasteiger partial charge in [0.2, 0.25) is 19.5 Å². The summed E-state index contributed by atoms with van der Waals surface area (Å²) in [7, 11) is -1.02. The predicted molar refractivity (Wildman–Crippen MR) is 141 cm³/mol. The van der Waals surface area contributed by atoms with Crippen LogP contribution < -0.4 is 8.85 Å². The highest BCUT2D eigenvalue weighted by atomic mass is 28.2. The normalized spacial score (nSPS) is 11.7. The van der Waals surface area contributed by atoms with Crippen molar-refractivity contribution in [3.05, 3.63) is 58.7 Å². The maximum absolute atomic E-state index is 6.35. The maximum Gasteiger partial charge on any atom is 0.219 e. The first-order valence-electron chi connectivity index (χ1n) is 12.7. The van der Waals surface area contributed by atoms with E-state index >= 15 is 0 Å². The van der Waals surface area contributed by atoms with Gasteiger partial charge in [-0.3, -0.25) is 0 Å². The Hall–Kier alpha value is -1.53. The van der Waals surface area contributed by atoms with Gasteiger partial charge in [0.1, 0.15) is 11.5 Å². The van der Waals surface area contributed by atoms with E-state index in [1.807, 2.05) is 0 Å².